The maximum absolute atomic E-state index is 13.3. The van der Waals surface area contributed by atoms with Gasteiger partial charge in [0.1, 0.15) is 11.6 Å². The Bertz CT molecular complexity index is 1510. The van der Waals surface area contributed by atoms with E-state index in [2.05, 4.69) is 35.4 Å². The summed E-state index contributed by atoms with van der Waals surface area (Å²) in [6, 6.07) is 16.9. The molecule has 0 radical (unpaired) electrons. The number of fused-ring (bicyclic) bond motifs is 1. The number of carbonyl (C=O) groups is 1. The van der Waals surface area contributed by atoms with Crippen LogP contribution >= 0.6 is 0 Å². The van der Waals surface area contributed by atoms with Crippen LogP contribution in [0, 0.1) is 17.2 Å². The molecule has 40 heavy (non-hydrogen) atoms. The lowest BCUT2D eigenvalue weighted by molar-refractivity contribution is -0.274. The van der Waals surface area contributed by atoms with Crippen LogP contribution in [0.2, 0.25) is 0 Å². The van der Waals surface area contributed by atoms with E-state index >= 15 is 0 Å². The molecule has 2 atom stereocenters. The van der Waals surface area contributed by atoms with Crippen LogP contribution in [0.4, 0.5) is 29.2 Å². The van der Waals surface area contributed by atoms with E-state index in [9.17, 15) is 22.4 Å². The minimum Gasteiger partial charge on any atom is -0.406 e. The minimum absolute atomic E-state index is 0.0895. The number of imidazole rings is 1. The predicted molar refractivity (Wildman–Crippen MR) is 146 cm³/mol. The summed E-state index contributed by atoms with van der Waals surface area (Å²) >= 11 is 0. The van der Waals surface area contributed by atoms with E-state index in [4.69, 9.17) is 4.98 Å². The number of nitrogens with one attached hydrogen (secondary N) is 1. The molecule has 1 fully saturated rings. The number of anilines is 2. The molecule has 1 aliphatic rings. The number of rotatable bonds is 7. The number of hydrogen-bond acceptors (Lipinski definition) is 4. The zero-order valence-electron chi connectivity index (χ0n) is 22.6. The summed E-state index contributed by atoms with van der Waals surface area (Å²) in [5.41, 5.74) is 3.42. The summed E-state index contributed by atoms with van der Waals surface area (Å²) in [7, 11) is 0. The number of hydrogen-bond donors (Lipinski definition) is 1. The molecule has 0 spiro atoms. The van der Waals surface area contributed by atoms with Gasteiger partial charge in [0.2, 0.25) is 5.95 Å². The van der Waals surface area contributed by atoms with Crippen molar-refractivity contribution in [1.82, 2.24) is 9.55 Å². The van der Waals surface area contributed by atoms with Gasteiger partial charge in [-0.3, -0.25) is 4.79 Å². The Morgan fingerprint density at radius 1 is 1.05 bits per heavy atom. The second-order valence-electron chi connectivity index (χ2n) is 11.5. The van der Waals surface area contributed by atoms with Gasteiger partial charge in [0.25, 0.3) is 0 Å². The van der Waals surface area contributed by atoms with Crippen molar-refractivity contribution in [1.29, 1.82) is 0 Å². The van der Waals surface area contributed by atoms with Gasteiger partial charge in [0.05, 0.1) is 11.0 Å². The molecular weight excluding hydrogens is 522 g/mol. The van der Waals surface area contributed by atoms with Crippen molar-refractivity contribution in [3.05, 3.63) is 83.7 Å². The van der Waals surface area contributed by atoms with Gasteiger partial charge in [-0.15, -0.1) is 13.2 Å². The van der Waals surface area contributed by atoms with Gasteiger partial charge in [0.15, 0.2) is 5.78 Å². The Balaban J connectivity index is 1.51. The van der Waals surface area contributed by atoms with Crippen LogP contribution in [0.5, 0.6) is 5.75 Å². The first-order valence-electron chi connectivity index (χ1n) is 13.3. The molecular formula is C31H31F4N3O2. The number of aromatic nitrogens is 2. The second-order valence-corrected chi connectivity index (χ2v) is 11.5. The number of carbonyl (C=O) groups excluding carboxylic acids is 1. The Kier molecular flexibility index (Phi) is 7.33. The SMILES string of the molecule is C[C@H]1C[C@@H](n2c(Nc3ccc(OC(F)(F)F)cc3)nc3ccc(C(=O)Cc4ccc(F)cc4)cc32)CC(C)(C)C1. The maximum Gasteiger partial charge on any atom is 0.573 e. The number of ketones is 1. The third kappa shape index (κ3) is 6.46. The van der Waals surface area contributed by atoms with Crippen molar-refractivity contribution < 1.29 is 27.1 Å². The summed E-state index contributed by atoms with van der Waals surface area (Å²) in [4.78, 5) is 18.0. The average molecular weight is 554 g/mol. The lowest BCUT2D eigenvalue weighted by Crippen LogP contribution is -2.29. The highest BCUT2D eigenvalue weighted by molar-refractivity contribution is 6.00. The standard InChI is InChI=1S/C31H31F4N3O2/c1-19-14-24(18-30(2,3)17-19)38-27-16-21(28(39)15-20-4-7-22(32)8-5-20)6-13-26(27)37-29(38)36-23-9-11-25(12-10-23)40-31(33,34)35/h4-13,16,19,24H,14-15,17-18H2,1-3H3,(H,36,37)/t19-,24+/m0/s1. The predicted octanol–water partition coefficient (Wildman–Crippen LogP) is 8.63. The molecule has 4 aromatic rings. The van der Waals surface area contributed by atoms with Crippen LogP contribution in [-0.4, -0.2) is 21.7 Å². The number of halogens is 4. The number of alkyl halides is 3. The Labute approximate surface area is 230 Å². The van der Waals surface area contributed by atoms with Gasteiger partial charge >= 0.3 is 6.36 Å². The summed E-state index contributed by atoms with van der Waals surface area (Å²) in [6.07, 6.45) is -1.69. The zero-order valence-corrected chi connectivity index (χ0v) is 22.6. The fourth-order valence-corrected chi connectivity index (χ4v) is 5.98. The molecule has 0 saturated heterocycles. The monoisotopic (exact) mass is 553 g/mol. The van der Waals surface area contributed by atoms with E-state index in [0.717, 1.165) is 30.3 Å². The molecule has 9 heteroatoms. The van der Waals surface area contributed by atoms with E-state index in [-0.39, 0.29) is 35.2 Å². The van der Waals surface area contributed by atoms with Crippen molar-refractivity contribution in [2.45, 2.75) is 58.9 Å². The first-order valence-corrected chi connectivity index (χ1v) is 13.3. The highest BCUT2D eigenvalue weighted by Gasteiger charge is 2.35. The van der Waals surface area contributed by atoms with Crippen LogP contribution in [0.1, 0.15) is 62.0 Å². The van der Waals surface area contributed by atoms with Crippen LogP contribution in [0.15, 0.2) is 66.7 Å². The number of Topliss-reactive ketones (excluding diaryl/α,β-unsaturated/α-hetero) is 1. The first-order chi connectivity index (χ1) is 18.8. The topological polar surface area (TPSA) is 56.1 Å². The highest BCUT2D eigenvalue weighted by Crippen LogP contribution is 2.46. The van der Waals surface area contributed by atoms with E-state index in [0.29, 0.717) is 28.6 Å². The third-order valence-electron chi connectivity index (χ3n) is 7.36. The Morgan fingerprint density at radius 3 is 2.40 bits per heavy atom. The Hall–Kier alpha value is -3.88. The molecule has 1 N–H and O–H groups in total. The first kappa shape index (κ1) is 27.7. The summed E-state index contributed by atoms with van der Waals surface area (Å²) < 4.78 is 57.2. The molecule has 1 aliphatic carbocycles. The molecule has 5 nitrogen and oxygen atoms in total. The number of benzene rings is 3. The fraction of sp³-hybridized carbons (Fsp3) is 0.355. The van der Waals surface area contributed by atoms with Crippen molar-refractivity contribution >= 4 is 28.5 Å². The van der Waals surface area contributed by atoms with Crippen LogP contribution in [0.3, 0.4) is 0 Å². The Morgan fingerprint density at radius 2 is 1.75 bits per heavy atom. The van der Waals surface area contributed by atoms with Gasteiger partial charge in [-0.05, 0) is 90.8 Å². The van der Waals surface area contributed by atoms with Crippen LogP contribution < -0.4 is 10.1 Å². The van der Waals surface area contributed by atoms with Crippen LogP contribution in [-0.2, 0) is 6.42 Å². The number of ether oxygens (including phenoxy) is 1. The molecule has 5 rings (SSSR count). The molecule has 1 saturated carbocycles. The fourth-order valence-electron chi connectivity index (χ4n) is 5.98. The van der Waals surface area contributed by atoms with Gasteiger partial charge in [-0.2, -0.15) is 0 Å². The molecule has 0 bridgehead atoms. The summed E-state index contributed by atoms with van der Waals surface area (Å²) in [6.45, 7) is 6.73. The minimum atomic E-state index is -4.76. The average Bonchev–Trinajstić information content (AvgIpc) is 3.21. The normalized spacial score (nSPS) is 19.0. The molecule has 3 aromatic carbocycles. The van der Waals surface area contributed by atoms with Crippen molar-refractivity contribution in [3.63, 3.8) is 0 Å². The highest BCUT2D eigenvalue weighted by atomic mass is 19.4. The van der Waals surface area contributed by atoms with Gasteiger partial charge in [-0.1, -0.05) is 32.9 Å². The maximum atomic E-state index is 13.3. The van der Waals surface area contributed by atoms with E-state index in [1.165, 1.54) is 36.4 Å². The molecule has 0 unspecified atom stereocenters. The van der Waals surface area contributed by atoms with Gasteiger partial charge in [0, 0.05) is 23.7 Å². The van der Waals surface area contributed by atoms with E-state index < -0.39 is 6.36 Å². The molecule has 210 valence electrons. The smallest absolute Gasteiger partial charge is 0.406 e. The molecule has 1 heterocycles. The van der Waals surface area contributed by atoms with E-state index in [1.54, 1.807) is 18.2 Å². The van der Waals surface area contributed by atoms with Crippen molar-refractivity contribution in [3.8, 4) is 5.75 Å². The van der Waals surface area contributed by atoms with Gasteiger partial charge in [-0.25, -0.2) is 9.37 Å². The zero-order chi connectivity index (χ0) is 28.7. The second kappa shape index (κ2) is 10.6. The largest absolute Gasteiger partial charge is 0.573 e. The molecule has 1 aromatic heterocycles. The van der Waals surface area contributed by atoms with Crippen LogP contribution in [0.25, 0.3) is 11.0 Å². The van der Waals surface area contributed by atoms with Crippen molar-refractivity contribution in [2.24, 2.45) is 11.3 Å². The quantitative estimate of drug-likeness (QED) is 0.184. The number of nitrogens with zero attached hydrogens (tertiary/aromatic N) is 2. The lowest BCUT2D eigenvalue weighted by atomic mass is 9.70. The third-order valence-corrected chi connectivity index (χ3v) is 7.36. The lowest BCUT2D eigenvalue weighted by Gasteiger charge is -2.40. The summed E-state index contributed by atoms with van der Waals surface area (Å²) in [5, 5.41) is 3.28. The van der Waals surface area contributed by atoms with Gasteiger partial charge < -0.3 is 14.6 Å². The molecule has 0 aliphatic heterocycles. The molecule has 0 amide bonds. The van der Waals surface area contributed by atoms with E-state index in [1.807, 2.05) is 12.1 Å². The summed E-state index contributed by atoms with van der Waals surface area (Å²) in [5.74, 6) is 0.277. The van der Waals surface area contributed by atoms with Crippen molar-refractivity contribution in [2.75, 3.05) is 5.32 Å².